The van der Waals surface area contributed by atoms with Gasteiger partial charge in [0, 0.05) is 19.3 Å². The van der Waals surface area contributed by atoms with Gasteiger partial charge in [0.2, 0.25) is 0 Å². The molecule has 0 saturated carbocycles. The van der Waals surface area contributed by atoms with E-state index in [1.54, 1.807) is 6.92 Å². The van der Waals surface area contributed by atoms with E-state index in [0.717, 1.165) is 0 Å². The number of hydrogen-bond acceptors (Lipinski definition) is 4. The summed E-state index contributed by atoms with van der Waals surface area (Å²) in [7, 11) is 0. The first kappa shape index (κ1) is 10.6. The molecule has 0 aromatic carbocycles. The Morgan fingerprint density at radius 1 is 1.50 bits per heavy atom. The summed E-state index contributed by atoms with van der Waals surface area (Å²) >= 11 is 0. The van der Waals surface area contributed by atoms with Gasteiger partial charge in [0.15, 0.2) is 11.6 Å². The number of ether oxygens (including phenoxy) is 1. The highest BCUT2D eigenvalue weighted by Gasteiger charge is 2.26. The van der Waals surface area contributed by atoms with Crippen molar-refractivity contribution in [3.8, 4) is 0 Å². The third kappa shape index (κ3) is 2.07. The summed E-state index contributed by atoms with van der Waals surface area (Å²) in [5.41, 5.74) is 0.0888. The van der Waals surface area contributed by atoms with Gasteiger partial charge in [-0.15, -0.1) is 0 Å². The molecule has 0 atom stereocenters. The molecule has 0 radical (unpaired) electrons. The summed E-state index contributed by atoms with van der Waals surface area (Å²) in [6.45, 7) is 1.94. The molecule has 0 bridgehead atoms. The summed E-state index contributed by atoms with van der Waals surface area (Å²) in [6.07, 6.45) is 1.76. The van der Waals surface area contributed by atoms with Crippen molar-refractivity contribution in [3.63, 3.8) is 0 Å². The highest BCUT2D eigenvalue weighted by molar-refractivity contribution is 6.20. The normalized spacial score (nSPS) is 16.8. The van der Waals surface area contributed by atoms with Crippen LogP contribution in [0, 0.1) is 0 Å². The van der Waals surface area contributed by atoms with Gasteiger partial charge in [-0.2, -0.15) is 0 Å². The summed E-state index contributed by atoms with van der Waals surface area (Å²) in [4.78, 5) is 33.0. The van der Waals surface area contributed by atoms with E-state index in [1.165, 1.54) is 0 Å². The van der Waals surface area contributed by atoms with Crippen LogP contribution in [0.25, 0.3) is 0 Å². The maximum absolute atomic E-state index is 11.4. The van der Waals surface area contributed by atoms with Crippen molar-refractivity contribution in [1.29, 1.82) is 0 Å². The average Bonchev–Trinajstić information content (AvgIpc) is 2.18. The van der Waals surface area contributed by atoms with Crippen LogP contribution in [0.4, 0.5) is 0 Å². The van der Waals surface area contributed by atoms with E-state index in [1.807, 2.05) is 0 Å². The third-order valence-electron chi connectivity index (χ3n) is 2.16. The molecule has 0 aromatic rings. The summed E-state index contributed by atoms with van der Waals surface area (Å²) in [6, 6.07) is 0. The zero-order valence-corrected chi connectivity index (χ0v) is 8.04. The molecule has 4 nitrogen and oxygen atoms in total. The Morgan fingerprint density at radius 3 is 2.79 bits per heavy atom. The van der Waals surface area contributed by atoms with Gasteiger partial charge in [0.1, 0.15) is 5.76 Å². The number of carbonyl (C=O) groups excluding carboxylic acids is 3. The molecule has 0 aromatic heterocycles. The monoisotopic (exact) mass is 196 g/mol. The van der Waals surface area contributed by atoms with Crippen molar-refractivity contribution in [2.75, 3.05) is 0 Å². The van der Waals surface area contributed by atoms with E-state index in [4.69, 9.17) is 0 Å². The van der Waals surface area contributed by atoms with Gasteiger partial charge < -0.3 is 4.74 Å². The Balaban J connectivity index is 3.02. The SMILES string of the molecule is CCC(=O)C1=C(OC=O)CCCC1=O. The molecule has 14 heavy (non-hydrogen) atoms. The van der Waals surface area contributed by atoms with Crippen LogP contribution in [0.5, 0.6) is 0 Å². The van der Waals surface area contributed by atoms with Crippen LogP contribution in [0.3, 0.4) is 0 Å². The van der Waals surface area contributed by atoms with Gasteiger partial charge in [-0.05, 0) is 6.42 Å². The van der Waals surface area contributed by atoms with Crippen molar-refractivity contribution in [2.24, 2.45) is 0 Å². The van der Waals surface area contributed by atoms with Crippen LogP contribution in [0.15, 0.2) is 11.3 Å². The van der Waals surface area contributed by atoms with Crippen molar-refractivity contribution >= 4 is 18.0 Å². The van der Waals surface area contributed by atoms with Crippen molar-refractivity contribution in [2.45, 2.75) is 32.6 Å². The highest BCUT2D eigenvalue weighted by atomic mass is 16.5. The Labute approximate surface area is 81.9 Å². The van der Waals surface area contributed by atoms with E-state index >= 15 is 0 Å². The van der Waals surface area contributed by atoms with Gasteiger partial charge in [-0.3, -0.25) is 14.4 Å². The van der Waals surface area contributed by atoms with E-state index in [2.05, 4.69) is 4.74 Å². The zero-order valence-electron chi connectivity index (χ0n) is 8.04. The van der Waals surface area contributed by atoms with Crippen LogP contribution >= 0.6 is 0 Å². The fourth-order valence-electron chi connectivity index (χ4n) is 1.48. The number of Topliss-reactive ketones (excluding diaryl/α,β-unsaturated/α-hetero) is 2. The number of carbonyl (C=O) groups is 3. The molecule has 76 valence electrons. The number of rotatable bonds is 4. The van der Waals surface area contributed by atoms with E-state index in [0.29, 0.717) is 19.3 Å². The second-order valence-corrected chi connectivity index (χ2v) is 3.07. The second-order valence-electron chi connectivity index (χ2n) is 3.07. The molecule has 4 heteroatoms. The molecule has 0 saturated heterocycles. The van der Waals surface area contributed by atoms with Gasteiger partial charge >= 0.3 is 0 Å². The molecule has 0 aliphatic heterocycles. The Bertz CT molecular complexity index is 301. The topological polar surface area (TPSA) is 60.4 Å². The Kier molecular flexibility index (Phi) is 3.56. The minimum atomic E-state index is -0.244. The average molecular weight is 196 g/mol. The first-order valence-corrected chi connectivity index (χ1v) is 4.60. The van der Waals surface area contributed by atoms with Crippen LogP contribution < -0.4 is 0 Å². The maximum Gasteiger partial charge on any atom is 0.298 e. The van der Waals surface area contributed by atoms with Gasteiger partial charge in [0.25, 0.3) is 6.47 Å². The standard InChI is InChI=1S/C10H12O4/c1-2-7(12)10-8(13)4-3-5-9(10)14-6-11/h6H,2-5H2,1H3. The lowest BCUT2D eigenvalue weighted by atomic mass is 9.92. The van der Waals surface area contributed by atoms with E-state index < -0.39 is 0 Å². The molecule has 0 fully saturated rings. The van der Waals surface area contributed by atoms with Crippen molar-refractivity contribution in [1.82, 2.24) is 0 Å². The molecule has 0 heterocycles. The van der Waals surface area contributed by atoms with Gasteiger partial charge in [-0.1, -0.05) is 6.92 Å². The summed E-state index contributed by atoms with van der Waals surface area (Å²) in [5, 5.41) is 0. The molecule has 1 aliphatic carbocycles. The third-order valence-corrected chi connectivity index (χ3v) is 2.16. The second kappa shape index (κ2) is 4.69. The number of allylic oxidation sites excluding steroid dienone is 2. The Hall–Kier alpha value is -1.45. The van der Waals surface area contributed by atoms with Crippen molar-refractivity contribution in [3.05, 3.63) is 11.3 Å². The smallest absolute Gasteiger partial charge is 0.298 e. The molecular weight excluding hydrogens is 184 g/mol. The summed E-state index contributed by atoms with van der Waals surface area (Å²) < 4.78 is 4.65. The summed E-state index contributed by atoms with van der Waals surface area (Å²) in [5.74, 6) is -0.213. The van der Waals surface area contributed by atoms with E-state index in [9.17, 15) is 14.4 Å². The number of ketones is 2. The van der Waals surface area contributed by atoms with Crippen molar-refractivity contribution < 1.29 is 19.1 Å². The largest absolute Gasteiger partial charge is 0.432 e. The van der Waals surface area contributed by atoms with Crippen LogP contribution in [0.1, 0.15) is 32.6 Å². The fourth-order valence-corrected chi connectivity index (χ4v) is 1.48. The van der Waals surface area contributed by atoms with Crippen LogP contribution in [-0.2, 0) is 19.1 Å². The number of hydrogen-bond donors (Lipinski definition) is 0. The van der Waals surface area contributed by atoms with Gasteiger partial charge in [0.05, 0.1) is 5.57 Å². The lowest BCUT2D eigenvalue weighted by Crippen LogP contribution is -2.19. The predicted octanol–water partition coefficient (Wildman–Crippen LogP) is 1.15. The lowest BCUT2D eigenvalue weighted by molar-refractivity contribution is -0.126. The zero-order chi connectivity index (χ0) is 10.6. The molecule has 1 rings (SSSR count). The fraction of sp³-hybridized carbons (Fsp3) is 0.500. The molecule has 0 unspecified atom stereocenters. The maximum atomic E-state index is 11.4. The molecule has 0 amide bonds. The Morgan fingerprint density at radius 2 is 2.21 bits per heavy atom. The highest BCUT2D eigenvalue weighted by Crippen LogP contribution is 2.23. The van der Waals surface area contributed by atoms with E-state index in [-0.39, 0.29) is 35.8 Å². The molecular formula is C10H12O4. The molecule has 0 N–H and O–H groups in total. The predicted molar refractivity (Wildman–Crippen MR) is 48.3 cm³/mol. The molecule has 0 spiro atoms. The van der Waals surface area contributed by atoms with Crippen LogP contribution in [-0.4, -0.2) is 18.0 Å². The first-order chi connectivity index (χ1) is 6.70. The minimum Gasteiger partial charge on any atom is -0.432 e. The lowest BCUT2D eigenvalue weighted by Gasteiger charge is -2.15. The van der Waals surface area contributed by atoms with Crippen LogP contribution in [0.2, 0.25) is 0 Å². The molecule has 1 aliphatic rings. The first-order valence-electron chi connectivity index (χ1n) is 4.60. The van der Waals surface area contributed by atoms with Gasteiger partial charge in [-0.25, -0.2) is 0 Å². The minimum absolute atomic E-state index is 0.0888. The quantitative estimate of drug-likeness (QED) is 0.499.